The minimum Gasteiger partial charge on any atom is -0.352 e. The van der Waals surface area contributed by atoms with E-state index in [1.54, 1.807) is 5.43 Å². The molecule has 0 saturated heterocycles. The van der Waals surface area contributed by atoms with Gasteiger partial charge in [0.15, 0.2) is 0 Å². The molecule has 0 radical (unpaired) electrons. The molecule has 1 atom stereocenters. The highest BCUT2D eigenvalue weighted by atomic mass is 16.2. The van der Waals surface area contributed by atoms with Crippen LogP contribution < -0.4 is 21.9 Å². The molecular formula is C8H14N4O3. The highest BCUT2D eigenvalue weighted by Gasteiger charge is 2.27. The van der Waals surface area contributed by atoms with Gasteiger partial charge in [-0.3, -0.25) is 19.8 Å². The highest BCUT2D eigenvalue weighted by molar-refractivity contribution is 6.35. The Labute approximate surface area is 86.7 Å². The fourth-order valence-corrected chi connectivity index (χ4v) is 0.947. The molecule has 84 valence electrons. The van der Waals surface area contributed by atoms with Crippen LogP contribution in [0, 0.1) is 0 Å². The Kier molecular flexibility index (Phi) is 3.62. The number of hydrogen-bond acceptors (Lipinski definition) is 4. The molecule has 0 aliphatic heterocycles. The molecule has 0 bridgehead atoms. The Morgan fingerprint density at radius 2 is 1.87 bits per heavy atom. The summed E-state index contributed by atoms with van der Waals surface area (Å²) < 4.78 is 0. The predicted molar refractivity (Wildman–Crippen MR) is 51.1 cm³/mol. The lowest BCUT2D eigenvalue weighted by Crippen LogP contribution is -2.51. The van der Waals surface area contributed by atoms with Gasteiger partial charge in [-0.1, -0.05) is 0 Å². The smallest absolute Gasteiger partial charge is 0.323 e. The van der Waals surface area contributed by atoms with Gasteiger partial charge < -0.3 is 10.6 Å². The summed E-state index contributed by atoms with van der Waals surface area (Å²) in [5.41, 5.74) is 1.68. The molecule has 15 heavy (non-hydrogen) atoms. The van der Waals surface area contributed by atoms with Gasteiger partial charge in [-0.25, -0.2) is 5.84 Å². The maximum Gasteiger partial charge on any atom is 0.323 e. The first-order chi connectivity index (χ1) is 7.04. The second-order valence-corrected chi connectivity index (χ2v) is 3.45. The van der Waals surface area contributed by atoms with Crippen LogP contribution in [-0.4, -0.2) is 29.8 Å². The zero-order valence-corrected chi connectivity index (χ0v) is 8.37. The van der Waals surface area contributed by atoms with Gasteiger partial charge in [-0.2, -0.15) is 0 Å². The topological polar surface area (TPSA) is 113 Å². The van der Waals surface area contributed by atoms with E-state index in [-0.39, 0.29) is 11.9 Å². The second-order valence-electron chi connectivity index (χ2n) is 3.45. The third kappa shape index (κ3) is 3.55. The molecular weight excluding hydrogens is 200 g/mol. The van der Waals surface area contributed by atoms with E-state index in [4.69, 9.17) is 5.84 Å². The highest BCUT2D eigenvalue weighted by Crippen LogP contribution is 2.18. The van der Waals surface area contributed by atoms with Crippen LogP contribution in [-0.2, 0) is 14.4 Å². The zero-order chi connectivity index (χ0) is 11.4. The van der Waals surface area contributed by atoms with Crippen molar-refractivity contribution < 1.29 is 14.4 Å². The molecule has 1 rings (SSSR count). The summed E-state index contributed by atoms with van der Waals surface area (Å²) in [7, 11) is 0. The number of hydrazine groups is 1. The fraction of sp³-hybridized carbons (Fsp3) is 0.625. The molecule has 0 aromatic heterocycles. The zero-order valence-electron chi connectivity index (χ0n) is 8.37. The van der Waals surface area contributed by atoms with Crippen LogP contribution in [0.5, 0.6) is 0 Å². The van der Waals surface area contributed by atoms with Crippen molar-refractivity contribution >= 4 is 17.7 Å². The molecule has 7 nitrogen and oxygen atoms in total. The van der Waals surface area contributed by atoms with Gasteiger partial charge in [0.05, 0.1) is 0 Å². The second kappa shape index (κ2) is 4.74. The van der Waals surface area contributed by atoms with Crippen molar-refractivity contribution in [1.82, 2.24) is 16.1 Å². The molecule has 1 aliphatic carbocycles. The van der Waals surface area contributed by atoms with Gasteiger partial charge in [-0.05, 0) is 19.8 Å². The summed E-state index contributed by atoms with van der Waals surface area (Å²) in [4.78, 5) is 33.1. The van der Waals surface area contributed by atoms with E-state index in [9.17, 15) is 14.4 Å². The van der Waals surface area contributed by atoms with Crippen LogP contribution in [0.25, 0.3) is 0 Å². The van der Waals surface area contributed by atoms with Crippen molar-refractivity contribution in [2.75, 3.05) is 0 Å². The number of amides is 3. The number of rotatable bonds is 3. The molecule has 0 heterocycles. The summed E-state index contributed by atoms with van der Waals surface area (Å²) >= 11 is 0. The van der Waals surface area contributed by atoms with Gasteiger partial charge >= 0.3 is 11.8 Å². The van der Waals surface area contributed by atoms with Crippen molar-refractivity contribution in [3.63, 3.8) is 0 Å². The molecule has 3 amide bonds. The number of hydrogen-bond donors (Lipinski definition) is 4. The number of carbonyl (C=O) groups excluding carboxylic acids is 3. The van der Waals surface area contributed by atoms with E-state index < -0.39 is 17.9 Å². The van der Waals surface area contributed by atoms with Crippen molar-refractivity contribution in [2.24, 2.45) is 5.84 Å². The van der Waals surface area contributed by atoms with Gasteiger partial charge in [0.25, 0.3) is 0 Å². The quantitative estimate of drug-likeness (QED) is 0.184. The van der Waals surface area contributed by atoms with E-state index in [1.807, 2.05) is 0 Å². The summed E-state index contributed by atoms with van der Waals surface area (Å²) in [6.45, 7) is 1.50. The number of nitrogens with two attached hydrogens (primary N) is 1. The summed E-state index contributed by atoms with van der Waals surface area (Å²) in [5, 5.41) is 4.92. The van der Waals surface area contributed by atoms with Crippen molar-refractivity contribution in [1.29, 1.82) is 0 Å². The maximum atomic E-state index is 11.4. The molecule has 1 saturated carbocycles. The van der Waals surface area contributed by atoms with Crippen LogP contribution in [0.3, 0.4) is 0 Å². The first kappa shape index (κ1) is 11.4. The van der Waals surface area contributed by atoms with Crippen molar-refractivity contribution in [3.8, 4) is 0 Å². The number of nitrogens with one attached hydrogen (secondary N) is 3. The van der Waals surface area contributed by atoms with Crippen LogP contribution in [0.1, 0.15) is 19.8 Å². The minimum atomic E-state index is -0.971. The lowest BCUT2D eigenvalue weighted by molar-refractivity contribution is -0.140. The van der Waals surface area contributed by atoms with E-state index >= 15 is 0 Å². The average Bonchev–Trinajstić information content (AvgIpc) is 3.00. The van der Waals surface area contributed by atoms with Gasteiger partial charge in [-0.15, -0.1) is 0 Å². The Morgan fingerprint density at radius 3 is 2.33 bits per heavy atom. The van der Waals surface area contributed by atoms with E-state index in [2.05, 4.69) is 10.6 Å². The lowest BCUT2D eigenvalue weighted by Gasteiger charge is -2.12. The minimum absolute atomic E-state index is 0.222. The molecule has 0 aromatic rings. The summed E-state index contributed by atoms with van der Waals surface area (Å²) in [6, 6.07) is -0.518. The molecule has 1 aliphatic rings. The third-order valence-electron chi connectivity index (χ3n) is 2.00. The van der Waals surface area contributed by atoms with Crippen molar-refractivity contribution in [3.05, 3.63) is 0 Å². The van der Waals surface area contributed by atoms with E-state index in [0.717, 1.165) is 12.8 Å². The van der Waals surface area contributed by atoms with Crippen LogP contribution in [0.2, 0.25) is 0 Å². The van der Waals surface area contributed by atoms with E-state index in [0.29, 0.717) is 0 Å². The normalized spacial score (nSPS) is 16.4. The molecule has 5 N–H and O–H groups in total. The Hall–Kier alpha value is -1.63. The van der Waals surface area contributed by atoms with Gasteiger partial charge in [0, 0.05) is 6.04 Å². The van der Waals surface area contributed by atoms with E-state index in [1.165, 1.54) is 6.92 Å². The van der Waals surface area contributed by atoms with Crippen LogP contribution in [0.15, 0.2) is 0 Å². The van der Waals surface area contributed by atoms with Gasteiger partial charge in [0.2, 0.25) is 5.91 Å². The van der Waals surface area contributed by atoms with Crippen molar-refractivity contribution in [2.45, 2.75) is 31.8 Å². The molecule has 0 aromatic carbocycles. The SMILES string of the molecule is CC(NC(=O)C(=O)NN)C(=O)NC1CC1. The maximum absolute atomic E-state index is 11.4. The van der Waals surface area contributed by atoms with Crippen LogP contribution in [0.4, 0.5) is 0 Å². The Bertz CT molecular complexity index is 288. The Morgan fingerprint density at radius 1 is 1.27 bits per heavy atom. The Balaban J connectivity index is 2.32. The molecule has 0 spiro atoms. The lowest BCUT2D eigenvalue weighted by atomic mass is 10.3. The van der Waals surface area contributed by atoms with Crippen LogP contribution >= 0.6 is 0 Å². The number of carbonyl (C=O) groups is 3. The first-order valence-corrected chi connectivity index (χ1v) is 4.66. The standard InChI is InChI=1S/C8H14N4O3/c1-4(6(13)11-5-2-3-5)10-7(14)8(15)12-9/h4-5H,2-3,9H2,1H3,(H,10,14)(H,11,13)(H,12,15). The third-order valence-corrected chi connectivity index (χ3v) is 2.00. The molecule has 7 heteroatoms. The fourth-order valence-electron chi connectivity index (χ4n) is 0.947. The first-order valence-electron chi connectivity index (χ1n) is 4.66. The summed E-state index contributed by atoms with van der Waals surface area (Å²) in [6.07, 6.45) is 1.94. The molecule has 1 fully saturated rings. The monoisotopic (exact) mass is 214 g/mol. The largest absolute Gasteiger partial charge is 0.352 e. The van der Waals surface area contributed by atoms with Gasteiger partial charge in [0.1, 0.15) is 6.04 Å². The average molecular weight is 214 g/mol. The predicted octanol–water partition coefficient (Wildman–Crippen LogP) is -2.24. The molecule has 1 unspecified atom stereocenters. The summed E-state index contributed by atoms with van der Waals surface area (Å²) in [5.74, 6) is 2.57.